The first-order valence-corrected chi connectivity index (χ1v) is 9.57. The Kier molecular flexibility index (Phi) is 5.43. The van der Waals surface area contributed by atoms with Gasteiger partial charge in [0.15, 0.2) is 0 Å². The maximum Gasteiger partial charge on any atom is 0.378 e. The second-order valence-electron chi connectivity index (χ2n) is 6.49. The van der Waals surface area contributed by atoms with Gasteiger partial charge in [-0.1, -0.05) is 66.7 Å². The summed E-state index contributed by atoms with van der Waals surface area (Å²) in [5.41, 5.74) is 4.27. The van der Waals surface area contributed by atoms with Gasteiger partial charge in [-0.25, -0.2) is 4.79 Å². The van der Waals surface area contributed by atoms with Crippen molar-refractivity contribution in [3.63, 3.8) is 0 Å². The highest BCUT2D eigenvalue weighted by Gasteiger charge is 2.26. The summed E-state index contributed by atoms with van der Waals surface area (Å²) in [6.07, 6.45) is 1.72. The van der Waals surface area contributed by atoms with Crippen molar-refractivity contribution in [2.75, 3.05) is 6.61 Å². The lowest BCUT2D eigenvalue weighted by atomic mass is 10.0. The number of hydrogen-bond acceptors (Lipinski definition) is 3. The summed E-state index contributed by atoms with van der Waals surface area (Å²) in [7, 11) is 0. The Morgan fingerprint density at radius 3 is 2.10 bits per heavy atom. The number of rotatable bonds is 5. The third-order valence-electron chi connectivity index (χ3n) is 4.61. The molecule has 0 radical (unpaired) electrons. The molecule has 2 aromatic heterocycles. The molecule has 4 rings (SSSR count). The fraction of sp³-hybridized carbons (Fsp3) is 0.0800. The minimum absolute atomic E-state index is 0.303. The fourth-order valence-electron chi connectivity index (χ4n) is 3.30. The van der Waals surface area contributed by atoms with Gasteiger partial charge in [0.25, 0.3) is 0 Å². The van der Waals surface area contributed by atoms with E-state index in [1.54, 1.807) is 6.20 Å². The summed E-state index contributed by atoms with van der Waals surface area (Å²) in [5.74, 6) is 0.280. The van der Waals surface area contributed by atoms with Crippen LogP contribution in [0.1, 0.15) is 17.4 Å². The number of aromatic nitrogens is 2. The highest BCUT2D eigenvalue weighted by molar-refractivity contribution is 5.88. The van der Waals surface area contributed by atoms with Crippen LogP contribution in [0, 0.1) is 0 Å². The molecule has 0 N–H and O–H groups in total. The lowest BCUT2D eigenvalue weighted by Gasteiger charge is -2.13. The minimum Gasteiger partial charge on any atom is -0.460 e. The van der Waals surface area contributed by atoms with Crippen molar-refractivity contribution >= 4 is 5.97 Å². The Morgan fingerprint density at radius 2 is 1.48 bits per heavy atom. The molecular formula is C25H21N2O2+. The number of carbonyl (C=O) groups is 1. The summed E-state index contributed by atoms with van der Waals surface area (Å²) in [6, 6.07) is 29.6. The van der Waals surface area contributed by atoms with Crippen molar-refractivity contribution in [1.29, 1.82) is 0 Å². The Balaban J connectivity index is 2.05. The van der Waals surface area contributed by atoms with Crippen LogP contribution in [0.2, 0.25) is 0 Å². The molecule has 2 heterocycles. The normalized spacial score (nSPS) is 10.5. The van der Waals surface area contributed by atoms with Gasteiger partial charge in [-0.3, -0.25) is 0 Å². The Hall–Kier alpha value is -3.79. The molecule has 0 saturated carbocycles. The SMILES string of the molecule is CCOC(=O)c1cc(-c2ccccc2)cc(-c2ccccc2)[n+]1-c1ccccn1. The Bertz CT molecular complexity index is 1110. The number of benzene rings is 2. The van der Waals surface area contributed by atoms with Crippen LogP contribution in [-0.4, -0.2) is 17.6 Å². The van der Waals surface area contributed by atoms with E-state index in [-0.39, 0.29) is 5.97 Å². The summed E-state index contributed by atoms with van der Waals surface area (Å²) >= 11 is 0. The van der Waals surface area contributed by atoms with Crippen molar-refractivity contribution < 1.29 is 14.1 Å². The molecule has 0 amide bonds. The number of ether oxygens (including phenoxy) is 1. The van der Waals surface area contributed by atoms with Crippen LogP contribution < -0.4 is 4.57 Å². The third kappa shape index (κ3) is 3.92. The van der Waals surface area contributed by atoms with Gasteiger partial charge in [0, 0.05) is 17.7 Å². The van der Waals surface area contributed by atoms with Crippen LogP contribution in [0.25, 0.3) is 28.2 Å². The van der Waals surface area contributed by atoms with Crippen LogP contribution in [0.4, 0.5) is 0 Å². The lowest BCUT2D eigenvalue weighted by Crippen LogP contribution is -2.42. The van der Waals surface area contributed by atoms with Crippen molar-refractivity contribution in [1.82, 2.24) is 4.98 Å². The van der Waals surface area contributed by atoms with Crippen molar-refractivity contribution in [2.45, 2.75) is 6.92 Å². The first kappa shape index (κ1) is 18.6. The van der Waals surface area contributed by atoms with Crippen LogP contribution >= 0.6 is 0 Å². The van der Waals surface area contributed by atoms with Crippen LogP contribution in [0.5, 0.6) is 0 Å². The van der Waals surface area contributed by atoms with Crippen LogP contribution in [-0.2, 0) is 4.74 Å². The van der Waals surface area contributed by atoms with E-state index in [2.05, 4.69) is 11.1 Å². The zero-order chi connectivity index (χ0) is 20.1. The highest BCUT2D eigenvalue weighted by atomic mass is 16.5. The van der Waals surface area contributed by atoms with E-state index in [4.69, 9.17) is 4.74 Å². The van der Waals surface area contributed by atoms with Crippen molar-refractivity contribution in [3.05, 3.63) is 103 Å². The Labute approximate surface area is 170 Å². The van der Waals surface area contributed by atoms with Gasteiger partial charge >= 0.3 is 11.8 Å². The largest absolute Gasteiger partial charge is 0.460 e. The van der Waals surface area contributed by atoms with Crippen molar-refractivity contribution in [3.8, 4) is 28.2 Å². The molecule has 142 valence electrons. The van der Waals surface area contributed by atoms with E-state index in [1.807, 2.05) is 96.4 Å². The molecule has 0 spiro atoms. The van der Waals surface area contributed by atoms with Gasteiger partial charge in [-0.15, -0.1) is 0 Å². The van der Waals surface area contributed by atoms with Gasteiger partial charge in [-0.2, -0.15) is 4.57 Å². The van der Waals surface area contributed by atoms with E-state index in [1.165, 1.54) is 0 Å². The zero-order valence-corrected chi connectivity index (χ0v) is 16.2. The maximum atomic E-state index is 12.9. The topological polar surface area (TPSA) is 43.1 Å². The zero-order valence-electron chi connectivity index (χ0n) is 16.2. The first-order chi connectivity index (χ1) is 14.3. The molecular weight excluding hydrogens is 360 g/mol. The summed E-state index contributed by atoms with van der Waals surface area (Å²) < 4.78 is 7.25. The number of hydrogen-bond donors (Lipinski definition) is 0. The number of nitrogens with zero attached hydrogens (tertiary/aromatic N) is 2. The van der Waals surface area contributed by atoms with E-state index in [0.29, 0.717) is 18.1 Å². The second kappa shape index (κ2) is 8.48. The molecule has 0 saturated heterocycles. The lowest BCUT2D eigenvalue weighted by molar-refractivity contribution is -0.591. The average molecular weight is 381 g/mol. The highest BCUT2D eigenvalue weighted by Crippen LogP contribution is 2.26. The van der Waals surface area contributed by atoms with Crippen LogP contribution in [0.15, 0.2) is 97.2 Å². The quantitative estimate of drug-likeness (QED) is 0.366. The second-order valence-corrected chi connectivity index (χ2v) is 6.49. The predicted molar refractivity (Wildman–Crippen MR) is 113 cm³/mol. The first-order valence-electron chi connectivity index (χ1n) is 9.57. The van der Waals surface area contributed by atoms with E-state index < -0.39 is 0 Å². The molecule has 0 unspecified atom stereocenters. The molecule has 2 aromatic carbocycles. The van der Waals surface area contributed by atoms with E-state index >= 15 is 0 Å². The van der Waals surface area contributed by atoms with Gasteiger partial charge in [0.05, 0.1) is 6.61 Å². The molecule has 4 aromatic rings. The molecule has 29 heavy (non-hydrogen) atoms. The molecule has 0 aliphatic rings. The molecule has 0 fully saturated rings. The molecule has 0 aliphatic carbocycles. The minimum atomic E-state index is -0.381. The third-order valence-corrected chi connectivity index (χ3v) is 4.61. The monoisotopic (exact) mass is 381 g/mol. The summed E-state index contributed by atoms with van der Waals surface area (Å²) in [6.45, 7) is 2.11. The summed E-state index contributed by atoms with van der Waals surface area (Å²) in [5, 5.41) is 0. The molecule has 4 nitrogen and oxygen atoms in total. The average Bonchev–Trinajstić information content (AvgIpc) is 2.80. The van der Waals surface area contributed by atoms with E-state index in [9.17, 15) is 4.79 Å². The fourth-order valence-corrected chi connectivity index (χ4v) is 3.30. The molecule has 0 aliphatic heterocycles. The number of pyridine rings is 2. The molecule has 4 heteroatoms. The maximum absolute atomic E-state index is 12.9. The van der Waals surface area contributed by atoms with Crippen molar-refractivity contribution in [2.24, 2.45) is 0 Å². The number of esters is 1. The smallest absolute Gasteiger partial charge is 0.378 e. The van der Waals surface area contributed by atoms with E-state index in [0.717, 1.165) is 22.4 Å². The van der Waals surface area contributed by atoms with Gasteiger partial charge in [-0.05, 0) is 35.2 Å². The Morgan fingerprint density at radius 1 is 0.828 bits per heavy atom. The predicted octanol–water partition coefficient (Wildman–Crippen LogP) is 4.87. The molecule has 0 bridgehead atoms. The standard InChI is InChI=1S/C25H21N2O2/c1-2-29-25(28)23-18-21(19-11-5-3-6-12-19)17-22(20-13-7-4-8-14-20)27(23)24-15-9-10-16-26-24/h3-18H,2H2,1H3/q+1. The number of carbonyl (C=O) groups excluding carboxylic acids is 1. The van der Waals surface area contributed by atoms with Gasteiger partial charge in [0.1, 0.15) is 11.9 Å². The van der Waals surface area contributed by atoms with Gasteiger partial charge in [0.2, 0.25) is 5.69 Å². The van der Waals surface area contributed by atoms with Gasteiger partial charge < -0.3 is 4.74 Å². The molecule has 0 atom stereocenters. The van der Waals surface area contributed by atoms with Crippen LogP contribution in [0.3, 0.4) is 0 Å². The summed E-state index contributed by atoms with van der Waals surface area (Å²) in [4.78, 5) is 17.4.